The molecule has 3 aromatic rings. The molecule has 2 fully saturated rings. The fraction of sp³-hybridized carbons (Fsp3) is 0.429. The Labute approximate surface area is 168 Å². The van der Waals surface area contributed by atoms with Crippen molar-refractivity contribution in [2.24, 2.45) is 0 Å². The van der Waals surface area contributed by atoms with Crippen LogP contribution in [0.25, 0.3) is 16.9 Å². The van der Waals surface area contributed by atoms with Crippen LogP contribution in [0, 0.1) is 0 Å². The molecule has 0 bridgehead atoms. The normalized spacial score (nSPS) is 19.3. The summed E-state index contributed by atoms with van der Waals surface area (Å²) < 4.78 is 7.42. The van der Waals surface area contributed by atoms with Crippen LogP contribution in [0.3, 0.4) is 0 Å². The number of carbonyl (C=O) groups is 1. The Hall–Kier alpha value is -3.16. The van der Waals surface area contributed by atoms with Gasteiger partial charge >= 0.3 is 6.09 Å². The van der Waals surface area contributed by atoms with Gasteiger partial charge in [-0.15, -0.1) is 5.10 Å². The number of carbonyl (C=O) groups excluding carboxylic acids is 1. The van der Waals surface area contributed by atoms with E-state index in [1.54, 1.807) is 12.4 Å². The van der Waals surface area contributed by atoms with E-state index in [1.165, 1.54) is 0 Å². The molecule has 1 saturated carbocycles. The zero-order chi connectivity index (χ0) is 19.6. The van der Waals surface area contributed by atoms with Gasteiger partial charge in [-0.3, -0.25) is 4.98 Å². The highest BCUT2D eigenvalue weighted by molar-refractivity contribution is 5.69. The summed E-state index contributed by atoms with van der Waals surface area (Å²) in [5, 5.41) is 8.09. The number of amides is 1. The zero-order valence-electron chi connectivity index (χ0n) is 16.2. The lowest BCUT2D eigenvalue weighted by Crippen LogP contribution is -2.42. The van der Waals surface area contributed by atoms with Gasteiger partial charge < -0.3 is 15.0 Å². The topological polar surface area (TPSA) is 84.6 Å². The number of hydrogen-bond acceptors (Lipinski definition) is 6. The summed E-state index contributed by atoms with van der Waals surface area (Å²) in [6.45, 7) is 1.41. The largest absolute Gasteiger partial charge is 0.446 e. The molecular weight excluding hydrogens is 368 g/mol. The molecule has 1 aliphatic carbocycles. The van der Waals surface area contributed by atoms with Crippen LogP contribution in [-0.4, -0.2) is 55.8 Å². The molecule has 1 amide bonds. The standard InChI is InChI=1S/C21H24N6O2/c28-21(29-17-4-1-5-17)26-12-2-3-16(26)13-23-19-6-7-20-24-14-18(27(20)25-19)15-8-10-22-11-9-15/h6-11,14,16-17H,1-5,12-13H2,(H,23,25). The summed E-state index contributed by atoms with van der Waals surface area (Å²) in [5.74, 6) is 0.755. The number of anilines is 1. The van der Waals surface area contributed by atoms with Crippen molar-refractivity contribution < 1.29 is 9.53 Å². The third kappa shape index (κ3) is 3.62. The van der Waals surface area contributed by atoms with Gasteiger partial charge in [0, 0.05) is 31.0 Å². The van der Waals surface area contributed by atoms with Crippen LogP contribution in [-0.2, 0) is 4.74 Å². The van der Waals surface area contributed by atoms with Crippen LogP contribution in [0.5, 0.6) is 0 Å². The quantitative estimate of drug-likeness (QED) is 0.717. The van der Waals surface area contributed by atoms with E-state index < -0.39 is 0 Å². The minimum absolute atomic E-state index is 0.119. The van der Waals surface area contributed by atoms with Crippen molar-refractivity contribution in [1.82, 2.24) is 24.5 Å². The molecule has 5 rings (SSSR count). The summed E-state index contributed by atoms with van der Waals surface area (Å²) in [5.41, 5.74) is 2.71. The number of nitrogens with one attached hydrogen (secondary N) is 1. The molecule has 2 aliphatic rings. The minimum atomic E-state index is -0.169. The van der Waals surface area contributed by atoms with Crippen LogP contribution >= 0.6 is 0 Å². The van der Waals surface area contributed by atoms with E-state index in [0.29, 0.717) is 6.54 Å². The highest BCUT2D eigenvalue weighted by Gasteiger charge is 2.32. The van der Waals surface area contributed by atoms with E-state index in [9.17, 15) is 4.79 Å². The van der Waals surface area contributed by atoms with Gasteiger partial charge in [0.05, 0.1) is 17.9 Å². The number of pyridine rings is 1. The van der Waals surface area contributed by atoms with Gasteiger partial charge in [0.2, 0.25) is 0 Å². The second-order valence-corrected chi connectivity index (χ2v) is 7.67. The molecule has 29 heavy (non-hydrogen) atoms. The summed E-state index contributed by atoms with van der Waals surface area (Å²) in [6, 6.07) is 7.87. The van der Waals surface area contributed by atoms with Gasteiger partial charge in [-0.1, -0.05) is 0 Å². The summed E-state index contributed by atoms with van der Waals surface area (Å²) in [7, 11) is 0. The molecule has 1 aliphatic heterocycles. The Morgan fingerprint density at radius 1 is 1.14 bits per heavy atom. The Balaban J connectivity index is 1.28. The van der Waals surface area contributed by atoms with Crippen LogP contribution in [0.4, 0.5) is 10.6 Å². The van der Waals surface area contributed by atoms with Crippen molar-refractivity contribution in [2.45, 2.75) is 44.2 Å². The maximum Gasteiger partial charge on any atom is 0.410 e. The Kier molecular flexibility index (Phi) is 4.75. The fourth-order valence-electron chi connectivity index (χ4n) is 3.90. The fourth-order valence-corrected chi connectivity index (χ4v) is 3.90. The van der Waals surface area contributed by atoms with Crippen molar-refractivity contribution in [3.05, 3.63) is 42.9 Å². The molecule has 1 unspecified atom stereocenters. The lowest BCUT2D eigenvalue weighted by Gasteiger charge is -2.30. The van der Waals surface area contributed by atoms with Gasteiger partial charge in [-0.25, -0.2) is 14.3 Å². The molecule has 8 nitrogen and oxygen atoms in total. The minimum Gasteiger partial charge on any atom is -0.446 e. The van der Waals surface area contributed by atoms with Crippen LogP contribution in [0.2, 0.25) is 0 Å². The first-order valence-corrected chi connectivity index (χ1v) is 10.2. The van der Waals surface area contributed by atoms with E-state index in [2.05, 4.69) is 15.3 Å². The molecule has 0 spiro atoms. The molecular formula is C21H24N6O2. The first-order chi connectivity index (χ1) is 14.3. The first kappa shape index (κ1) is 17.9. The lowest BCUT2D eigenvalue weighted by atomic mass is 9.96. The summed E-state index contributed by atoms with van der Waals surface area (Å²) in [6.07, 6.45) is 10.4. The summed E-state index contributed by atoms with van der Waals surface area (Å²) in [4.78, 5) is 22.8. The molecule has 0 radical (unpaired) electrons. The number of likely N-dealkylation sites (tertiary alicyclic amines) is 1. The Bertz CT molecular complexity index is 1000. The number of aromatic nitrogens is 4. The SMILES string of the molecule is O=C(OC1CCC1)N1CCCC1CNc1ccc2ncc(-c3ccncc3)n2n1. The van der Waals surface area contributed by atoms with Crippen LogP contribution in [0.15, 0.2) is 42.9 Å². The van der Waals surface area contributed by atoms with Gasteiger partial charge in [-0.2, -0.15) is 0 Å². The number of ether oxygens (including phenoxy) is 1. The third-order valence-electron chi connectivity index (χ3n) is 5.79. The highest BCUT2D eigenvalue weighted by Crippen LogP contribution is 2.26. The average Bonchev–Trinajstić information content (AvgIpc) is 3.36. The predicted octanol–water partition coefficient (Wildman–Crippen LogP) is 3.36. The highest BCUT2D eigenvalue weighted by atomic mass is 16.6. The molecule has 1 atom stereocenters. The number of imidazole rings is 1. The smallest absolute Gasteiger partial charge is 0.410 e. The van der Waals surface area contributed by atoms with E-state index in [0.717, 1.165) is 61.4 Å². The van der Waals surface area contributed by atoms with Crippen molar-refractivity contribution in [2.75, 3.05) is 18.4 Å². The third-order valence-corrected chi connectivity index (χ3v) is 5.79. The van der Waals surface area contributed by atoms with Gasteiger partial charge in [0.15, 0.2) is 5.65 Å². The van der Waals surface area contributed by atoms with Gasteiger partial charge in [0.1, 0.15) is 11.9 Å². The lowest BCUT2D eigenvalue weighted by molar-refractivity contribution is 0.0254. The van der Waals surface area contributed by atoms with E-state index in [4.69, 9.17) is 9.84 Å². The zero-order valence-corrected chi connectivity index (χ0v) is 16.2. The van der Waals surface area contributed by atoms with Crippen molar-refractivity contribution in [3.63, 3.8) is 0 Å². The monoisotopic (exact) mass is 392 g/mol. The second-order valence-electron chi connectivity index (χ2n) is 7.67. The Morgan fingerprint density at radius 3 is 2.79 bits per heavy atom. The van der Waals surface area contributed by atoms with Crippen molar-refractivity contribution >= 4 is 17.6 Å². The number of fused-ring (bicyclic) bond motifs is 1. The van der Waals surface area contributed by atoms with Crippen LogP contribution in [0.1, 0.15) is 32.1 Å². The number of rotatable bonds is 5. The molecule has 8 heteroatoms. The average molecular weight is 392 g/mol. The second kappa shape index (κ2) is 7.69. The van der Waals surface area contributed by atoms with Crippen molar-refractivity contribution in [3.8, 4) is 11.3 Å². The summed E-state index contributed by atoms with van der Waals surface area (Å²) >= 11 is 0. The van der Waals surface area contributed by atoms with E-state index in [1.807, 2.05) is 39.9 Å². The molecule has 0 aromatic carbocycles. The number of hydrogen-bond donors (Lipinski definition) is 1. The van der Waals surface area contributed by atoms with E-state index in [-0.39, 0.29) is 18.2 Å². The van der Waals surface area contributed by atoms with Crippen molar-refractivity contribution in [1.29, 1.82) is 0 Å². The molecule has 1 saturated heterocycles. The Morgan fingerprint density at radius 2 is 2.00 bits per heavy atom. The number of nitrogens with zero attached hydrogens (tertiary/aromatic N) is 5. The predicted molar refractivity (Wildman–Crippen MR) is 109 cm³/mol. The maximum atomic E-state index is 12.5. The molecule has 3 aromatic heterocycles. The first-order valence-electron chi connectivity index (χ1n) is 10.2. The molecule has 1 N–H and O–H groups in total. The van der Waals surface area contributed by atoms with E-state index >= 15 is 0 Å². The maximum absolute atomic E-state index is 12.5. The van der Waals surface area contributed by atoms with Crippen LogP contribution < -0.4 is 5.32 Å². The molecule has 4 heterocycles. The molecule has 150 valence electrons. The van der Waals surface area contributed by atoms with Gasteiger partial charge in [-0.05, 0) is 56.4 Å². The van der Waals surface area contributed by atoms with Gasteiger partial charge in [0.25, 0.3) is 0 Å².